The maximum absolute atomic E-state index is 3.56. The summed E-state index contributed by atoms with van der Waals surface area (Å²) in [5.74, 6) is 0. The highest BCUT2D eigenvalue weighted by Crippen LogP contribution is 2.24. The molecule has 1 aliphatic carbocycles. The third kappa shape index (κ3) is 4.00. The average molecular weight is 239 g/mol. The van der Waals surface area contributed by atoms with Crippen LogP contribution >= 0.6 is 0 Å². The Bertz CT molecular complexity index is 248. The van der Waals surface area contributed by atoms with Crippen molar-refractivity contribution in [1.29, 1.82) is 0 Å². The minimum atomic E-state index is 0.137. The topological polar surface area (TPSA) is 18.5 Å². The second kappa shape index (κ2) is 6.41. The molecule has 1 N–H and O–H groups in total. The van der Waals surface area contributed by atoms with Gasteiger partial charge in [0.25, 0.3) is 0 Å². The van der Waals surface area contributed by atoms with E-state index in [1.807, 2.05) is 0 Å². The van der Waals surface area contributed by atoms with E-state index in [0.717, 1.165) is 13.0 Å². The van der Waals surface area contributed by atoms with E-state index in [4.69, 9.17) is 0 Å². The molecule has 0 heterocycles. The molecule has 0 aliphatic heterocycles. The molecule has 17 heavy (non-hydrogen) atoms. The first kappa shape index (κ1) is 14.5. The van der Waals surface area contributed by atoms with Crippen molar-refractivity contribution in [3.63, 3.8) is 0 Å². The number of likely N-dealkylation sites (N-methyl/N-ethyl adjacent to an activating group) is 2. The Morgan fingerprint density at radius 3 is 2.18 bits per heavy atom. The summed E-state index contributed by atoms with van der Waals surface area (Å²) in [5, 5.41) is 3.56. The van der Waals surface area contributed by atoms with E-state index in [2.05, 4.69) is 56.3 Å². The summed E-state index contributed by atoms with van der Waals surface area (Å²) in [6.45, 7) is 3.28. The van der Waals surface area contributed by atoms with E-state index in [0.29, 0.717) is 0 Å². The van der Waals surface area contributed by atoms with Gasteiger partial charge in [-0.2, -0.15) is 0 Å². The maximum atomic E-state index is 3.56. The Balaban J connectivity index is 2.59. The molecular formula is C14H29N3. The quantitative estimate of drug-likeness (QED) is 0.492. The molecule has 0 bridgehead atoms. The van der Waals surface area contributed by atoms with Crippen LogP contribution in [0.1, 0.15) is 39.0 Å². The summed E-state index contributed by atoms with van der Waals surface area (Å²) >= 11 is 0. The van der Waals surface area contributed by atoms with Crippen molar-refractivity contribution in [2.24, 2.45) is 0 Å². The standard InChI is InChI=1S/C14H29N3/c1-6-7-8-11-14(16(2)3,17(4)5)12-15-13-9-10-13/h9,15H,6-8,10-12H2,1-5H3. The molecule has 0 unspecified atom stereocenters. The van der Waals surface area contributed by atoms with Gasteiger partial charge in [0.2, 0.25) is 0 Å². The summed E-state index contributed by atoms with van der Waals surface area (Å²) in [4.78, 5) is 4.72. The normalized spacial score (nSPS) is 15.4. The highest BCUT2D eigenvalue weighted by atomic mass is 15.4. The lowest BCUT2D eigenvalue weighted by Gasteiger charge is -2.45. The van der Waals surface area contributed by atoms with Crippen LogP contribution in [0.5, 0.6) is 0 Å². The molecule has 0 aromatic heterocycles. The van der Waals surface area contributed by atoms with E-state index >= 15 is 0 Å². The maximum Gasteiger partial charge on any atom is 0.0905 e. The summed E-state index contributed by atoms with van der Waals surface area (Å²) in [6, 6.07) is 0. The lowest BCUT2D eigenvalue weighted by Crippen LogP contribution is -2.60. The van der Waals surface area contributed by atoms with Gasteiger partial charge in [-0.3, -0.25) is 9.80 Å². The molecule has 0 saturated heterocycles. The van der Waals surface area contributed by atoms with Crippen molar-refractivity contribution in [2.75, 3.05) is 34.7 Å². The van der Waals surface area contributed by atoms with E-state index < -0.39 is 0 Å². The van der Waals surface area contributed by atoms with E-state index in [1.54, 1.807) is 0 Å². The van der Waals surface area contributed by atoms with Crippen LogP contribution in [0.2, 0.25) is 0 Å². The second-order valence-corrected chi connectivity index (χ2v) is 5.52. The van der Waals surface area contributed by atoms with Gasteiger partial charge in [0.1, 0.15) is 0 Å². The predicted molar refractivity (Wildman–Crippen MR) is 74.9 cm³/mol. The Morgan fingerprint density at radius 1 is 1.18 bits per heavy atom. The van der Waals surface area contributed by atoms with Gasteiger partial charge in [-0.25, -0.2) is 0 Å². The fraction of sp³-hybridized carbons (Fsp3) is 0.857. The zero-order chi connectivity index (χ0) is 12.9. The molecular weight excluding hydrogens is 210 g/mol. The summed E-state index contributed by atoms with van der Waals surface area (Å²) in [6.07, 6.45) is 8.55. The van der Waals surface area contributed by atoms with Gasteiger partial charge in [0, 0.05) is 18.7 Å². The van der Waals surface area contributed by atoms with Crippen LogP contribution in [0.3, 0.4) is 0 Å². The largest absolute Gasteiger partial charge is 0.385 e. The Morgan fingerprint density at radius 2 is 1.76 bits per heavy atom. The first-order chi connectivity index (χ1) is 8.03. The van der Waals surface area contributed by atoms with Crippen molar-refractivity contribution >= 4 is 0 Å². The molecule has 0 aromatic carbocycles. The molecule has 100 valence electrons. The summed E-state index contributed by atoms with van der Waals surface area (Å²) < 4.78 is 0. The molecule has 3 heteroatoms. The zero-order valence-electron chi connectivity index (χ0n) is 12.2. The molecule has 0 radical (unpaired) electrons. The van der Waals surface area contributed by atoms with Gasteiger partial charge in [0.15, 0.2) is 0 Å². The fourth-order valence-electron chi connectivity index (χ4n) is 2.36. The van der Waals surface area contributed by atoms with E-state index in [-0.39, 0.29) is 5.66 Å². The molecule has 1 aliphatic rings. The van der Waals surface area contributed by atoms with Crippen molar-refractivity contribution in [3.05, 3.63) is 11.8 Å². The number of hydrogen-bond acceptors (Lipinski definition) is 3. The summed E-state index contributed by atoms with van der Waals surface area (Å²) in [5.41, 5.74) is 1.55. The van der Waals surface area contributed by atoms with Crippen LogP contribution in [0.15, 0.2) is 11.8 Å². The molecule has 0 aromatic rings. The van der Waals surface area contributed by atoms with Gasteiger partial charge >= 0.3 is 0 Å². The smallest absolute Gasteiger partial charge is 0.0905 e. The van der Waals surface area contributed by atoms with Gasteiger partial charge in [-0.15, -0.1) is 0 Å². The van der Waals surface area contributed by atoms with Crippen LogP contribution in [0, 0.1) is 0 Å². The second-order valence-electron chi connectivity index (χ2n) is 5.52. The minimum absolute atomic E-state index is 0.137. The van der Waals surface area contributed by atoms with Gasteiger partial charge in [0.05, 0.1) is 5.66 Å². The van der Waals surface area contributed by atoms with Gasteiger partial charge in [-0.05, 0) is 34.6 Å². The summed E-state index contributed by atoms with van der Waals surface area (Å²) in [7, 11) is 8.76. The SMILES string of the molecule is CCCCCC(CNC1=CC1)(N(C)C)N(C)C. The molecule has 0 fully saturated rings. The van der Waals surface area contributed by atoms with Crippen molar-refractivity contribution in [2.45, 2.75) is 44.7 Å². The van der Waals surface area contributed by atoms with Crippen LogP contribution in [-0.2, 0) is 0 Å². The van der Waals surface area contributed by atoms with E-state index in [1.165, 1.54) is 31.4 Å². The van der Waals surface area contributed by atoms with Crippen LogP contribution in [0.25, 0.3) is 0 Å². The Hall–Kier alpha value is -0.540. The average Bonchev–Trinajstić information content (AvgIpc) is 3.06. The highest BCUT2D eigenvalue weighted by molar-refractivity contribution is 5.19. The molecule has 0 atom stereocenters. The number of unbranched alkanes of at least 4 members (excludes halogenated alkanes) is 2. The lowest BCUT2D eigenvalue weighted by atomic mass is 9.98. The highest BCUT2D eigenvalue weighted by Gasteiger charge is 2.34. The van der Waals surface area contributed by atoms with E-state index in [9.17, 15) is 0 Å². The Kier molecular flexibility index (Phi) is 5.47. The first-order valence-corrected chi connectivity index (χ1v) is 6.80. The predicted octanol–water partition coefficient (Wildman–Crippen LogP) is 2.26. The van der Waals surface area contributed by atoms with Crippen molar-refractivity contribution in [1.82, 2.24) is 15.1 Å². The first-order valence-electron chi connectivity index (χ1n) is 6.80. The van der Waals surface area contributed by atoms with Gasteiger partial charge in [-0.1, -0.05) is 32.3 Å². The molecule has 1 rings (SSSR count). The Labute approximate surface area is 107 Å². The van der Waals surface area contributed by atoms with Crippen LogP contribution in [0.4, 0.5) is 0 Å². The lowest BCUT2D eigenvalue weighted by molar-refractivity contribution is -0.00349. The minimum Gasteiger partial charge on any atom is -0.385 e. The third-order valence-electron chi connectivity index (χ3n) is 3.85. The fourth-order valence-corrected chi connectivity index (χ4v) is 2.36. The number of rotatable bonds is 9. The number of nitrogens with zero attached hydrogens (tertiary/aromatic N) is 2. The van der Waals surface area contributed by atoms with Crippen molar-refractivity contribution < 1.29 is 0 Å². The molecule has 3 nitrogen and oxygen atoms in total. The van der Waals surface area contributed by atoms with Gasteiger partial charge < -0.3 is 5.32 Å². The van der Waals surface area contributed by atoms with Crippen LogP contribution in [-0.4, -0.2) is 50.2 Å². The van der Waals surface area contributed by atoms with Crippen molar-refractivity contribution in [3.8, 4) is 0 Å². The zero-order valence-corrected chi connectivity index (χ0v) is 12.2. The monoisotopic (exact) mass is 239 g/mol. The number of hydrogen-bond donors (Lipinski definition) is 1. The molecule has 0 amide bonds. The number of allylic oxidation sites excluding steroid dienone is 2. The molecule has 0 saturated carbocycles. The third-order valence-corrected chi connectivity index (χ3v) is 3.85. The number of nitrogens with one attached hydrogen (secondary N) is 1. The van der Waals surface area contributed by atoms with Crippen LogP contribution < -0.4 is 5.32 Å². The molecule has 0 spiro atoms.